The van der Waals surface area contributed by atoms with Crippen molar-refractivity contribution in [2.45, 2.75) is 77.7 Å². The van der Waals surface area contributed by atoms with E-state index < -0.39 is 53.6 Å². The summed E-state index contributed by atoms with van der Waals surface area (Å²) in [5, 5.41) is 4.99. The molecule has 1 aromatic rings. The summed E-state index contributed by atoms with van der Waals surface area (Å²) in [5.74, 6) is 3.06. The molecular weight excluding hydrogens is 416 g/mol. The molecule has 0 heterocycles. The highest BCUT2D eigenvalue weighted by atomic mass is 16.6. The zero-order chi connectivity index (χ0) is 24.5. The third-order valence-corrected chi connectivity index (χ3v) is 3.86. The summed E-state index contributed by atoms with van der Waals surface area (Å²) in [7, 11) is 0. The molecule has 1 aromatic carbocycles. The van der Waals surface area contributed by atoms with Crippen molar-refractivity contribution in [3.05, 3.63) is 35.9 Å². The van der Waals surface area contributed by atoms with E-state index in [0.29, 0.717) is 0 Å². The van der Waals surface area contributed by atoms with Gasteiger partial charge in [-0.25, -0.2) is 10.6 Å². The fraction of sp³-hybridized carbons (Fsp3) is 0.545. The maximum absolute atomic E-state index is 13.0. The lowest BCUT2D eigenvalue weighted by Gasteiger charge is -2.25. The number of nitrogens with one attached hydrogen (secondary N) is 3. The number of carbonyl (C=O) groups is 4. The largest absolute Gasteiger partial charge is 0.460 e. The Balaban J connectivity index is 3.01. The van der Waals surface area contributed by atoms with E-state index in [1.165, 1.54) is 0 Å². The van der Waals surface area contributed by atoms with Crippen LogP contribution in [0.2, 0.25) is 0 Å². The lowest BCUT2D eigenvalue weighted by molar-refractivity contribution is -0.156. The number of nitrogens with two attached hydrogens (primary N) is 1. The summed E-state index contributed by atoms with van der Waals surface area (Å²) in [6, 6.07) is 6.64. The van der Waals surface area contributed by atoms with Crippen molar-refractivity contribution >= 4 is 23.9 Å². The van der Waals surface area contributed by atoms with Crippen LogP contribution in [0, 0.1) is 0 Å². The lowest BCUT2D eigenvalue weighted by atomic mass is 10.0. The molecule has 0 radical (unpaired) electrons. The Kier molecular flexibility index (Phi) is 9.64. The molecule has 0 fully saturated rings. The standard InChI is InChI=1S/C22H34N4O6/c1-21(2,3)31-17(27)13-16(19(29)26-23)24-18(28)15(12-14-10-8-7-9-11-14)25-20(30)32-22(4,5)6/h7-11,15-16H,12-13,23H2,1-6H3,(H,24,28)(H,25,30)(H,26,29)/t15-,16?/m0/s1. The Morgan fingerprint density at radius 1 is 0.844 bits per heavy atom. The predicted octanol–water partition coefficient (Wildman–Crippen LogP) is 1.33. The van der Waals surface area contributed by atoms with Crippen LogP contribution in [0.4, 0.5) is 4.79 Å². The van der Waals surface area contributed by atoms with Crippen LogP contribution in [-0.2, 0) is 30.3 Å². The number of benzene rings is 1. The first kappa shape index (κ1) is 26.9. The average molecular weight is 451 g/mol. The van der Waals surface area contributed by atoms with E-state index >= 15 is 0 Å². The number of alkyl carbamates (subject to hydrolysis) is 1. The number of hydrogen-bond acceptors (Lipinski definition) is 7. The Bertz CT molecular complexity index is 799. The molecule has 0 aliphatic rings. The number of hydrogen-bond donors (Lipinski definition) is 4. The van der Waals surface area contributed by atoms with Crippen molar-refractivity contribution in [2.24, 2.45) is 5.84 Å². The second-order valence-electron chi connectivity index (χ2n) is 9.25. The highest BCUT2D eigenvalue weighted by Crippen LogP contribution is 2.11. The molecule has 178 valence electrons. The van der Waals surface area contributed by atoms with Gasteiger partial charge in [-0.2, -0.15) is 0 Å². The second kappa shape index (κ2) is 11.5. The molecule has 10 heteroatoms. The molecule has 0 saturated carbocycles. The Morgan fingerprint density at radius 2 is 1.41 bits per heavy atom. The Labute approximate surface area is 188 Å². The molecule has 0 saturated heterocycles. The van der Waals surface area contributed by atoms with Crippen molar-refractivity contribution in [3.8, 4) is 0 Å². The van der Waals surface area contributed by atoms with Gasteiger partial charge in [0.05, 0.1) is 6.42 Å². The molecule has 10 nitrogen and oxygen atoms in total. The smallest absolute Gasteiger partial charge is 0.408 e. The molecule has 0 spiro atoms. The van der Waals surface area contributed by atoms with E-state index in [1.807, 2.05) is 11.5 Å². The molecular formula is C22H34N4O6. The van der Waals surface area contributed by atoms with Crippen molar-refractivity contribution in [2.75, 3.05) is 0 Å². The molecule has 0 aliphatic heterocycles. The van der Waals surface area contributed by atoms with Gasteiger partial charge in [0, 0.05) is 6.42 Å². The topological polar surface area (TPSA) is 149 Å². The van der Waals surface area contributed by atoms with E-state index in [-0.39, 0.29) is 6.42 Å². The van der Waals surface area contributed by atoms with Crippen molar-refractivity contribution in [3.63, 3.8) is 0 Å². The molecule has 0 bridgehead atoms. The summed E-state index contributed by atoms with van der Waals surface area (Å²) >= 11 is 0. The van der Waals surface area contributed by atoms with Gasteiger partial charge in [-0.1, -0.05) is 30.3 Å². The molecule has 0 aromatic heterocycles. The minimum Gasteiger partial charge on any atom is -0.460 e. The van der Waals surface area contributed by atoms with E-state index in [2.05, 4.69) is 10.6 Å². The predicted molar refractivity (Wildman–Crippen MR) is 118 cm³/mol. The average Bonchev–Trinajstić information content (AvgIpc) is 2.64. The van der Waals surface area contributed by atoms with Crippen LogP contribution in [0.3, 0.4) is 0 Å². The van der Waals surface area contributed by atoms with Crippen LogP contribution in [0.5, 0.6) is 0 Å². The van der Waals surface area contributed by atoms with Crippen LogP contribution in [0.15, 0.2) is 30.3 Å². The monoisotopic (exact) mass is 450 g/mol. The van der Waals surface area contributed by atoms with Gasteiger partial charge in [0.25, 0.3) is 5.91 Å². The second-order valence-corrected chi connectivity index (χ2v) is 9.25. The summed E-state index contributed by atoms with van der Waals surface area (Å²) in [4.78, 5) is 49.6. The highest BCUT2D eigenvalue weighted by molar-refractivity contribution is 5.93. The normalized spacial score (nSPS) is 13.3. The molecule has 1 rings (SSSR count). The minimum absolute atomic E-state index is 0.134. The van der Waals surface area contributed by atoms with Gasteiger partial charge in [0.1, 0.15) is 23.3 Å². The van der Waals surface area contributed by atoms with E-state index in [0.717, 1.165) is 5.56 Å². The quantitative estimate of drug-likeness (QED) is 0.202. The zero-order valence-electron chi connectivity index (χ0n) is 19.5. The SMILES string of the molecule is CC(C)(C)OC(=O)CC(NC(=O)[C@H](Cc1ccccc1)NC(=O)OC(C)(C)C)C(=O)NN. The number of esters is 1. The van der Waals surface area contributed by atoms with Crippen LogP contribution < -0.4 is 21.9 Å². The van der Waals surface area contributed by atoms with Crippen LogP contribution in [0.25, 0.3) is 0 Å². The van der Waals surface area contributed by atoms with Crippen LogP contribution in [0.1, 0.15) is 53.5 Å². The molecule has 0 aliphatic carbocycles. The zero-order valence-corrected chi connectivity index (χ0v) is 19.5. The Hall–Kier alpha value is -3.14. The molecule has 2 atom stereocenters. The third-order valence-electron chi connectivity index (χ3n) is 3.86. The fourth-order valence-corrected chi connectivity index (χ4v) is 2.64. The maximum atomic E-state index is 13.0. The van der Waals surface area contributed by atoms with E-state index in [1.54, 1.807) is 65.8 Å². The van der Waals surface area contributed by atoms with Crippen molar-refractivity contribution < 1.29 is 28.7 Å². The lowest BCUT2D eigenvalue weighted by Crippen LogP contribution is -2.56. The first-order valence-electron chi connectivity index (χ1n) is 10.3. The number of hydrazine groups is 1. The summed E-state index contributed by atoms with van der Waals surface area (Å²) in [6.07, 6.45) is -1.09. The maximum Gasteiger partial charge on any atom is 0.408 e. The van der Waals surface area contributed by atoms with Gasteiger partial charge in [-0.05, 0) is 47.1 Å². The van der Waals surface area contributed by atoms with Gasteiger partial charge in [-0.15, -0.1) is 0 Å². The number of rotatable bonds is 8. The summed E-state index contributed by atoms with van der Waals surface area (Å²) in [6.45, 7) is 10.1. The fourth-order valence-electron chi connectivity index (χ4n) is 2.64. The first-order chi connectivity index (χ1) is 14.7. The van der Waals surface area contributed by atoms with Gasteiger partial charge >= 0.3 is 12.1 Å². The van der Waals surface area contributed by atoms with Crippen LogP contribution in [-0.4, -0.2) is 47.2 Å². The van der Waals surface area contributed by atoms with Gasteiger partial charge in [0.15, 0.2) is 0 Å². The van der Waals surface area contributed by atoms with E-state index in [9.17, 15) is 19.2 Å². The van der Waals surface area contributed by atoms with Gasteiger partial charge < -0.3 is 20.1 Å². The summed E-state index contributed by atoms with van der Waals surface area (Å²) < 4.78 is 10.5. The Morgan fingerprint density at radius 3 is 1.91 bits per heavy atom. The molecule has 5 N–H and O–H groups in total. The number of amides is 3. The number of carbonyl (C=O) groups excluding carboxylic acids is 4. The highest BCUT2D eigenvalue weighted by Gasteiger charge is 2.31. The van der Waals surface area contributed by atoms with Gasteiger partial charge in [-0.3, -0.25) is 19.8 Å². The van der Waals surface area contributed by atoms with Gasteiger partial charge in [0.2, 0.25) is 5.91 Å². The molecule has 3 amide bonds. The molecule has 1 unspecified atom stereocenters. The van der Waals surface area contributed by atoms with Crippen molar-refractivity contribution in [1.82, 2.24) is 16.1 Å². The van der Waals surface area contributed by atoms with Crippen LogP contribution >= 0.6 is 0 Å². The third kappa shape index (κ3) is 10.8. The van der Waals surface area contributed by atoms with E-state index in [4.69, 9.17) is 15.3 Å². The minimum atomic E-state index is -1.29. The first-order valence-corrected chi connectivity index (χ1v) is 10.3. The summed E-state index contributed by atoms with van der Waals surface area (Å²) in [5.41, 5.74) is 1.17. The number of ether oxygens (including phenoxy) is 2. The van der Waals surface area contributed by atoms with Crippen molar-refractivity contribution in [1.29, 1.82) is 0 Å². The molecule has 32 heavy (non-hydrogen) atoms.